The number of aliphatic carboxylic acids is 1. The van der Waals surface area contributed by atoms with E-state index in [0.717, 1.165) is 57.1 Å². The van der Waals surface area contributed by atoms with E-state index in [2.05, 4.69) is 11.8 Å². The first-order chi connectivity index (χ1) is 16.2. The standard InChI is InChI=1S/C27H34F3NO3/c1-2-18-5-9-22(10-6-18)34-24-12-8-21-14-20(7-11-23(21)26(24)27(28,29)30)17-31-13-3-4-19(16-31)15-25(32)33/h7-8,11-12,14,18-19,22H,2-6,9-10,13,15-17H2,1H3,(H,32,33)/t18?,19-,22?/m1/s1. The van der Waals surface area contributed by atoms with Gasteiger partial charge in [-0.15, -0.1) is 0 Å². The molecule has 34 heavy (non-hydrogen) atoms. The van der Waals surface area contributed by atoms with Crippen molar-refractivity contribution in [2.75, 3.05) is 13.1 Å². The quantitative estimate of drug-likeness (QED) is 0.472. The highest BCUT2D eigenvalue weighted by Gasteiger charge is 2.37. The van der Waals surface area contributed by atoms with E-state index in [9.17, 15) is 18.0 Å². The Kier molecular flexibility index (Phi) is 7.70. The van der Waals surface area contributed by atoms with Crippen molar-refractivity contribution in [2.24, 2.45) is 11.8 Å². The zero-order valence-corrected chi connectivity index (χ0v) is 19.7. The number of halogens is 3. The van der Waals surface area contributed by atoms with Crippen LogP contribution in [0.1, 0.15) is 69.4 Å². The first-order valence-electron chi connectivity index (χ1n) is 12.5. The van der Waals surface area contributed by atoms with E-state index < -0.39 is 17.7 Å². The number of rotatable bonds is 7. The minimum Gasteiger partial charge on any atom is -0.490 e. The van der Waals surface area contributed by atoms with Crippen LogP contribution >= 0.6 is 0 Å². The SMILES string of the molecule is CCC1CCC(Oc2ccc3cc(CN4CCC[C@H](CC(=O)O)C4)ccc3c2C(F)(F)F)CC1. The first kappa shape index (κ1) is 24.8. The number of hydrogen-bond acceptors (Lipinski definition) is 3. The van der Waals surface area contributed by atoms with Gasteiger partial charge < -0.3 is 9.84 Å². The second kappa shape index (κ2) is 10.5. The van der Waals surface area contributed by atoms with Crippen LogP contribution in [0.25, 0.3) is 10.8 Å². The van der Waals surface area contributed by atoms with E-state index in [1.165, 1.54) is 6.07 Å². The molecule has 1 aliphatic carbocycles. The normalized spacial score (nSPS) is 24.3. The Morgan fingerprint density at radius 2 is 1.85 bits per heavy atom. The maximum Gasteiger partial charge on any atom is 0.420 e. The molecule has 186 valence electrons. The summed E-state index contributed by atoms with van der Waals surface area (Å²) >= 11 is 0. The van der Waals surface area contributed by atoms with Crippen LogP contribution in [-0.4, -0.2) is 35.2 Å². The van der Waals surface area contributed by atoms with Crippen LogP contribution in [0.2, 0.25) is 0 Å². The third-order valence-electron chi connectivity index (χ3n) is 7.47. The summed E-state index contributed by atoms with van der Waals surface area (Å²) in [5.74, 6) is -0.0826. The lowest BCUT2D eigenvalue weighted by Gasteiger charge is -2.32. The van der Waals surface area contributed by atoms with Crippen LogP contribution in [-0.2, 0) is 17.5 Å². The summed E-state index contributed by atoms with van der Waals surface area (Å²) in [5.41, 5.74) is 0.247. The second-order valence-corrected chi connectivity index (χ2v) is 10.0. The summed E-state index contributed by atoms with van der Waals surface area (Å²) in [5, 5.41) is 9.79. The minimum atomic E-state index is -4.51. The molecule has 1 aliphatic heterocycles. The Morgan fingerprint density at radius 1 is 1.09 bits per heavy atom. The highest BCUT2D eigenvalue weighted by atomic mass is 19.4. The number of carboxylic acid groups (broad SMARTS) is 1. The molecule has 0 spiro atoms. The number of piperidine rings is 1. The largest absolute Gasteiger partial charge is 0.490 e. The Balaban J connectivity index is 1.53. The van der Waals surface area contributed by atoms with Gasteiger partial charge in [0.1, 0.15) is 11.3 Å². The van der Waals surface area contributed by atoms with Gasteiger partial charge in [-0.3, -0.25) is 9.69 Å². The zero-order chi connectivity index (χ0) is 24.3. The van der Waals surface area contributed by atoms with Gasteiger partial charge in [-0.1, -0.05) is 31.5 Å². The molecule has 1 saturated heterocycles. The summed E-state index contributed by atoms with van der Waals surface area (Å²) in [6.07, 6.45) is 2.03. The van der Waals surface area contributed by atoms with Crippen LogP contribution in [0.4, 0.5) is 13.2 Å². The van der Waals surface area contributed by atoms with E-state index in [1.807, 2.05) is 6.07 Å². The molecule has 0 unspecified atom stereocenters. The molecule has 2 fully saturated rings. The lowest BCUT2D eigenvalue weighted by atomic mass is 9.86. The maximum absolute atomic E-state index is 14.1. The second-order valence-electron chi connectivity index (χ2n) is 10.0. The molecule has 0 radical (unpaired) electrons. The Labute approximate surface area is 199 Å². The number of fused-ring (bicyclic) bond motifs is 1. The third kappa shape index (κ3) is 6.04. The summed E-state index contributed by atoms with van der Waals surface area (Å²) in [4.78, 5) is 13.3. The topological polar surface area (TPSA) is 49.8 Å². The van der Waals surface area contributed by atoms with Crippen molar-refractivity contribution in [3.8, 4) is 5.75 Å². The van der Waals surface area contributed by atoms with Crippen LogP contribution in [0.3, 0.4) is 0 Å². The molecule has 4 nitrogen and oxygen atoms in total. The van der Waals surface area contributed by atoms with E-state index in [1.54, 1.807) is 18.2 Å². The third-order valence-corrected chi connectivity index (χ3v) is 7.47. The molecule has 0 aromatic heterocycles. The van der Waals surface area contributed by atoms with Gasteiger partial charge in [-0.25, -0.2) is 0 Å². The lowest BCUT2D eigenvalue weighted by Crippen LogP contribution is -2.35. The van der Waals surface area contributed by atoms with Gasteiger partial charge in [0, 0.05) is 19.5 Å². The van der Waals surface area contributed by atoms with Gasteiger partial charge in [0.2, 0.25) is 0 Å². The molecule has 7 heteroatoms. The van der Waals surface area contributed by atoms with E-state index in [-0.39, 0.29) is 29.6 Å². The fourth-order valence-electron chi connectivity index (χ4n) is 5.65. The van der Waals surface area contributed by atoms with Crippen LogP contribution in [0.5, 0.6) is 5.75 Å². The minimum absolute atomic E-state index is 0.0692. The van der Waals surface area contributed by atoms with Crippen molar-refractivity contribution in [3.63, 3.8) is 0 Å². The highest BCUT2D eigenvalue weighted by molar-refractivity contribution is 5.89. The van der Waals surface area contributed by atoms with Crippen molar-refractivity contribution in [1.29, 1.82) is 0 Å². The fourth-order valence-corrected chi connectivity index (χ4v) is 5.65. The molecule has 0 bridgehead atoms. The van der Waals surface area contributed by atoms with Crippen molar-refractivity contribution in [3.05, 3.63) is 41.5 Å². The van der Waals surface area contributed by atoms with Crippen LogP contribution in [0, 0.1) is 11.8 Å². The van der Waals surface area contributed by atoms with Gasteiger partial charge in [0.25, 0.3) is 0 Å². The zero-order valence-electron chi connectivity index (χ0n) is 19.7. The lowest BCUT2D eigenvalue weighted by molar-refractivity contribution is -0.139. The molecular weight excluding hydrogens is 443 g/mol. The molecule has 1 saturated carbocycles. The van der Waals surface area contributed by atoms with Gasteiger partial charge in [0.05, 0.1) is 6.10 Å². The number of likely N-dealkylation sites (tertiary alicyclic amines) is 1. The van der Waals surface area contributed by atoms with Crippen molar-refractivity contribution < 1.29 is 27.8 Å². The maximum atomic E-state index is 14.1. The predicted octanol–water partition coefficient (Wildman–Crippen LogP) is 6.89. The molecule has 4 rings (SSSR count). The Bertz CT molecular complexity index is 999. The van der Waals surface area contributed by atoms with Crippen LogP contribution in [0.15, 0.2) is 30.3 Å². The number of hydrogen-bond donors (Lipinski definition) is 1. The molecule has 2 aromatic carbocycles. The van der Waals surface area contributed by atoms with Crippen molar-refractivity contribution in [1.82, 2.24) is 4.90 Å². The van der Waals surface area contributed by atoms with E-state index in [4.69, 9.17) is 9.84 Å². The monoisotopic (exact) mass is 477 g/mol. The number of alkyl halides is 3. The van der Waals surface area contributed by atoms with Gasteiger partial charge in [-0.05, 0) is 85.4 Å². The summed E-state index contributed by atoms with van der Waals surface area (Å²) < 4.78 is 48.3. The molecule has 1 atom stereocenters. The Hall–Kier alpha value is -2.28. The van der Waals surface area contributed by atoms with Gasteiger partial charge in [-0.2, -0.15) is 13.2 Å². The number of carbonyl (C=O) groups is 1. The molecule has 0 amide bonds. The number of carboxylic acids is 1. The van der Waals surface area contributed by atoms with E-state index in [0.29, 0.717) is 24.4 Å². The summed E-state index contributed by atoms with van der Waals surface area (Å²) in [7, 11) is 0. The molecule has 1 N–H and O–H groups in total. The first-order valence-corrected chi connectivity index (χ1v) is 12.5. The van der Waals surface area contributed by atoms with Gasteiger partial charge in [0.15, 0.2) is 0 Å². The number of benzene rings is 2. The predicted molar refractivity (Wildman–Crippen MR) is 126 cm³/mol. The molecule has 2 aliphatic rings. The van der Waals surface area contributed by atoms with E-state index >= 15 is 0 Å². The van der Waals surface area contributed by atoms with Crippen LogP contribution < -0.4 is 4.74 Å². The highest BCUT2D eigenvalue weighted by Crippen LogP contribution is 2.43. The summed E-state index contributed by atoms with van der Waals surface area (Å²) in [6, 6.07) is 8.35. The number of ether oxygens (including phenoxy) is 1. The summed E-state index contributed by atoms with van der Waals surface area (Å²) in [6.45, 7) is 4.33. The fraction of sp³-hybridized carbons (Fsp3) is 0.593. The van der Waals surface area contributed by atoms with Crippen molar-refractivity contribution in [2.45, 2.75) is 77.1 Å². The molecule has 2 aromatic rings. The average molecular weight is 478 g/mol. The van der Waals surface area contributed by atoms with Gasteiger partial charge >= 0.3 is 12.1 Å². The molecule has 1 heterocycles. The smallest absolute Gasteiger partial charge is 0.420 e. The Morgan fingerprint density at radius 3 is 2.53 bits per heavy atom. The molecular formula is C27H34F3NO3. The van der Waals surface area contributed by atoms with Crippen molar-refractivity contribution >= 4 is 16.7 Å². The number of nitrogens with zero attached hydrogens (tertiary/aromatic N) is 1. The average Bonchev–Trinajstić information content (AvgIpc) is 2.78.